The van der Waals surface area contributed by atoms with Gasteiger partial charge in [-0.15, -0.1) is 24.3 Å². The van der Waals surface area contributed by atoms with E-state index in [9.17, 15) is 33.6 Å². The van der Waals surface area contributed by atoms with Crippen LogP contribution in [0.25, 0.3) is 0 Å². The van der Waals surface area contributed by atoms with Gasteiger partial charge in [-0.25, -0.2) is 0 Å². The molecule has 0 atom stereocenters. The molecule has 0 fully saturated rings. The maximum atomic E-state index is 11.7. The number of Topliss-reactive ketones (excluding diaryl/α,β-unsaturated/α-hetero) is 3. The Bertz CT molecular complexity index is 1930. The van der Waals surface area contributed by atoms with E-state index in [1.807, 2.05) is 83.1 Å². The van der Waals surface area contributed by atoms with E-state index in [0.29, 0.717) is 119 Å². The zero-order chi connectivity index (χ0) is 73.8. The van der Waals surface area contributed by atoms with Crippen molar-refractivity contribution in [2.45, 2.75) is 330 Å². The number of amides is 4. The molecule has 0 aromatic rings. The van der Waals surface area contributed by atoms with E-state index in [1.165, 1.54) is 24.0 Å². The first-order valence-electron chi connectivity index (χ1n) is 34.7. The van der Waals surface area contributed by atoms with E-state index >= 15 is 0 Å². The normalized spacial score (nSPS) is 11.8. The fourth-order valence-corrected chi connectivity index (χ4v) is 8.58. The van der Waals surface area contributed by atoms with Crippen LogP contribution in [0.5, 0.6) is 0 Å². The van der Waals surface area contributed by atoms with Crippen molar-refractivity contribution < 1.29 is 108 Å². The van der Waals surface area contributed by atoms with Gasteiger partial charge in [0.15, 0.2) is 0 Å². The SMILES string of the molecule is C=C(C[CH2-])CC(C)(C)C.C=C(C[CH2-])CC(C)(C)C.CC(C)(C)CC(=O)CCCNC(=O)CC(C)(C)C.CC(C)(C)CC(=O)CCCOCCOCCNC(=O)CC(C)(C)C.CC(C)(C)CC(=O)NCNC(=O)CC(C)(C)C.CC(C)(C)CCCCC(=O)CC(C)(C)C.[CH3-].[Y].[Y]. The van der Waals surface area contributed by atoms with Gasteiger partial charge in [-0.3, -0.25) is 33.6 Å². The van der Waals surface area contributed by atoms with Crippen molar-refractivity contribution in [3.8, 4) is 0 Å². The third-order valence-electron chi connectivity index (χ3n) is 12.1. The summed E-state index contributed by atoms with van der Waals surface area (Å²) in [5.41, 5.74) is 3.93. The van der Waals surface area contributed by atoms with Crippen LogP contribution >= 0.6 is 0 Å². The predicted molar refractivity (Wildman–Crippen MR) is 402 cm³/mol. The number of nitrogens with one attached hydrogen (secondary N) is 4. The molecule has 0 bridgehead atoms. The quantitative estimate of drug-likeness (QED) is 0.0227. The molecular weight excluding hydrogens is 1340 g/mol. The number of allylic oxidation sites excluding steroid dienone is 2. The zero-order valence-corrected chi connectivity index (χ0v) is 74.2. The summed E-state index contributed by atoms with van der Waals surface area (Å²) in [6, 6.07) is 0. The van der Waals surface area contributed by atoms with E-state index in [4.69, 9.17) is 9.47 Å². The number of rotatable bonds is 31. The van der Waals surface area contributed by atoms with Crippen LogP contribution in [-0.4, -0.2) is 87.2 Å². The summed E-state index contributed by atoms with van der Waals surface area (Å²) in [6.07, 6.45) is 14.7. The molecule has 0 spiro atoms. The summed E-state index contributed by atoms with van der Waals surface area (Å²) in [5, 5.41) is 11.1. The van der Waals surface area contributed by atoms with Gasteiger partial charge in [0.2, 0.25) is 23.6 Å². The Hall–Kier alpha value is -1.50. The Balaban J connectivity index is -0.000000136. The predicted octanol–water partition coefficient (Wildman–Crippen LogP) is 20.2. The number of ketones is 3. The number of carbonyl (C=O) groups excluding carboxylic acids is 7. The van der Waals surface area contributed by atoms with Crippen LogP contribution in [0.4, 0.5) is 0 Å². The minimum atomic E-state index is -0.0337. The topological polar surface area (TPSA) is 186 Å². The third-order valence-corrected chi connectivity index (χ3v) is 12.1. The van der Waals surface area contributed by atoms with Crippen molar-refractivity contribution in [2.75, 3.05) is 46.2 Å². The van der Waals surface area contributed by atoms with Crippen LogP contribution in [0.3, 0.4) is 0 Å². The van der Waals surface area contributed by atoms with Crippen molar-refractivity contribution in [3.63, 3.8) is 0 Å². The van der Waals surface area contributed by atoms with E-state index in [0.717, 1.165) is 57.8 Å². The molecule has 0 aromatic heterocycles. The maximum absolute atomic E-state index is 11.7. The van der Waals surface area contributed by atoms with Gasteiger partial charge < -0.3 is 52.0 Å². The maximum Gasteiger partial charge on any atom is 0.221 e. The standard InChI is InChI=1S/C19H37NO4.C15H29NO2.C14H28O.C13H26N2O2.2C9H17.CH3.2Y/c1-18(2,3)14-16(21)8-7-10-23-12-13-24-11-9-20-17(22)15-19(4,5)6;1-14(2,3)10-12(17)8-7-9-16-13(18)11-15(4,5)6;1-13(2,3)10-8-7-9-12(15)11-14(4,5)6;1-12(2,3)7-10(16)14-9-15-11(17)8-13(4,5)6;2*1-6-8(2)7-9(3,4)5;;;/h7-15H2,1-6H3,(H,20,22);7-11H2,1-6H3,(H,16,18);7-11H2,1-6H3;7-9H2,1-6H3,(H,14,16)(H,15,17);2*1-2,6-7H2,3-5H3;1H3;;/q;;;;3*-1;;. The van der Waals surface area contributed by atoms with Crippen molar-refractivity contribution in [1.82, 2.24) is 21.3 Å². The van der Waals surface area contributed by atoms with Gasteiger partial charge in [0.25, 0.3) is 0 Å². The molecule has 0 saturated heterocycles. The summed E-state index contributed by atoms with van der Waals surface area (Å²) in [7, 11) is 0. The molecule has 2 radical (unpaired) electrons. The van der Waals surface area contributed by atoms with Crippen LogP contribution in [0.1, 0.15) is 330 Å². The average molecular weight is 1500 g/mol. The molecule has 15 heteroatoms. The molecule has 0 aliphatic heterocycles. The Labute approximate surface area is 641 Å². The van der Waals surface area contributed by atoms with Gasteiger partial charge in [0, 0.05) is 149 Å². The average Bonchev–Trinajstić information content (AvgIpc) is 1.45. The Morgan fingerprint density at radius 3 is 0.821 bits per heavy atom. The second-order valence-corrected chi connectivity index (χ2v) is 37.5. The number of hydrogen-bond donors (Lipinski definition) is 4. The smallest absolute Gasteiger partial charge is 0.221 e. The molecule has 0 unspecified atom stereocenters. The first-order chi connectivity index (χ1) is 41.0. The van der Waals surface area contributed by atoms with Gasteiger partial charge in [-0.2, -0.15) is 12.8 Å². The van der Waals surface area contributed by atoms with E-state index in [1.54, 1.807) is 0 Å². The monoisotopic (exact) mass is 1500 g/mol. The van der Waals surface area contributed by atoms with Gasteiger partial charge >= 0.3 is 0 Å². The van der Waals surface area contributed by atoms with Gasteiger partial charge in [-0.05, 0) is 92.7 Å². The van der Waals surface area contributed by atoms with Crippen LogP contribution in [0.2, 0.25) is 0 Å². The largest absolute Gasteiger partial charge is 0.379 e. The van der Waals surface area contributed by atoms with Crippen LogP contribution in [-0.2, 0) is 108 Å². The van der Waals surface area contributed by atoms with Crippen molar-refractivity contribution >= 4 is 41.0 Å². The van der Waals surface area contributed by atoms with Gasteiger partial charge in [0.05, 0.1) is 26.5 Å². The van der Waals surface area contributed by atoms with Gasteiger partial charge in [0.1, 0.15) is 17.3 Å². The summed E-state index contributed by atoms with van der Waals surface area (Å²) >= 11 is 0. The molecule has 0 rings (SSSR count). The minimum Gasteiger partial charge on any atom is -0.379 e. The van der Waals surface area contributed by atoms with Gasteiger partial charge in [-0.1, -0.05) is 214 Å². The van der Waals surface area contributed by atoms with Crippen LogP contribution in [0.15, 0.2) is 24.3 Å². The minimum absolute atomic E-state index is 0. The fraction of sp³-hybridized carbons (Fsp3) is 0.825. The molecule has 560 valence electrons. The number of carbonyl (C=O) groups is 7. The van der Waals surface area contributed by atoms with Crippen molar-refractivity contribution in [1.29, 1.82) is 0 Å². The number of unbranched alkanes of at least 4 members (excludes halogenated alkanes) is 1. The van der Waals surface area contributed by atoms with Crippen LogP contribution < -0.4 is 21.3 Å². The molecule has 4 amide bonds. The summed E-state index contributed by atoms with van der Waals surface area (Å²) in [6.45, 7) is 81.9. The first kappa shape index (κ1) is 112. The molecule has 0 aromatic carbocycles. The first-order valence-corrected chi connectivity index (χ1v) is 34.7. The van der Waals surface area contributed by atoms with Crippen LogP contribution in [0, 0.1) is 75.4 Å². The second kappa shape index (κ2) is 56.1. The molecule has 4 N–H and O–H groups in total. The summed E-state index contributed by atoms with van der Waals surface area (Å²) in [5.74, 6) is 1.08. The van der Waals surface area contributed by atoms with Crippen molar-refractivity contribution in [3.05, 3.63) is 45.6 Å². The number of hydrogen-bond acceptors (Lipinski definition) is 9. The summed E-state index contributed by atoms with van der Waals surface area (Å²) in [4.78, 5) is 80.9. The Morgan fingerprint density at radius 1 is 0.305 bits per heavy atom. The second-order valence-electron chi connectivity index (χ2n) is 37.5. The third kappa shape index (κ3) is 114. The fourth-order valence-electron chi connectivity index (χ4n) is 8.58. The summed E-state index contributed by atoms with van der Waals surface area (Å²) < 4.78 is 10.8. The molecule has 95 heavy (non-hydrogen) atoms. The van der Waals surface area contributed by atoms with E-state index in [2.05, 4.69) is 173 Å². The van der Waals surface area contributed by atoms with Crippen molar-refractivity contribution in [2.24, 2.45) is 54.1 Å². The molecule has 0 aliphatic rings. The zero-order valence-electron chi connectivity index (χ0n) is 68.5. The molecule has 0 heterocycles. The molecular formula is C80H157N4O9Y2-3. The number of ether oxygens (including phenoxy) is 2. The van der Waals surface area contributed by atoms with E-state index in [-0.39, 0.29) is 147 Å². The van der Waals surface area contributed by atoms with E-state index < -0.39 is 0 Å². The molecule has 0 saturated carbocycles. The molecule has 0 aliphatic carbocycles. The molecule has 13 nitrogen and oxygen atoms in total. The Kier molecular flexibility index (Phi) is 66.2. The Morgan fingerprint density at radius 2 is 0.558 bits per heavy atom.